The van der Waals surface area contributed by atoms with Crippen molar-refractivity contribution in [1.82, 2.24) is 34.9 Å². The van der Waals surface area contributed by atoms with Gasteiger partial charge in [0.2, 0.25) is 0 Å². The third-order valence-corrected chi connectivity index (χ3v) is 23.2. The number of aryl methyl sites for hydroxylation is 4. The van der Waals surface area contributed by atoms with E-state index in [9.17, 15) is 14.4 Å². The third kappa shape index (κ3) is 16.9. The first kappa shape index (κ1) is 75.9. The van der Waals surface area contributed by atoms with Crippen LogP contribution >= 0.6 is 14.3 Å². The van der Waals surface area contributed by atoms with Gasteiger partial charge in [0.15, 0.2) is 0 Å². The lowest BCUT2D eigenvalue weighted by Gasteiger charge is -2.15. The van der Waals surface area contributed by atoms with Crippen molar-refractivity contribution in [2.24, 2.45) is 0 Å². The molecule has 4 aromatic heterocycles. The number of fused-ring (bicyclic) bond motifs is 5. The first-order valence-electron chi connectivity index (χ1n) is 37.9. The van der Waals surface area contributed by atoms with E-state index in [2.05, 4.69) is 134 Å². The van der Waals surface area contributed by atoms with E-state index in [1.807, 2.05) is 245 Å². The number of nitrogens with zero attached hydrogens (tertiary/aromatic N) is 8. The van der Waals surface area contributed by atoms with Crippen molar-refractivity contribution in [2.45, 2.75) is 27.7 Å². The normalized spacial score (nSPS) is 11.2. The van der Waals surface area contributed by atoms with Gasteiger partial charge >= 0.3 is 0 Å². The molecule has 18 rings (SSSR count). The van der Waals surface area contributed by atoms with Crippen molar-refractivity contribution in [3.05, 3.63) is 380 Å². The summed E-state index contributed by atoms with van der Waals surface area (Å²) in [4.78, 5) is 35.0. The second-order valence-corrected chi connectivity index (χ2v) is 35.4. The first-order valence-corrected chi connectivity index (χ1v) is 43.1. The Morgan fingerprint density at radius 1 is 0.254 bits per heavy atom. The Balaban J connectivity index is 0.000000120. The lowest BCUT2D eigenvalue weighted by atomic mass is 9.92. The summed E-state index contributed by atoms with van der Waals surface area (Å²) in [6.07, 6.45) is 0. The minimum Gasteiger partial charge on any atom is -0.319 e. The number of nitriles is 1. The quantitative estimate of drug-likeness (QED) is 0.0657. The molecule has 114 heavy (non-hydrogen) atoms. The molecule has 0 spiro atoms. The minimum absolute atomic E-state index is 0.609. The molecule has 0 aliphatic rings. The molecule has 4 heterocycles. The molecule has 0 fully saturated rings. The van der Waals surface area contributed by atoms with Gasteiger partial charge in [-0.05, 0) is 112 Å². The van der Waals surface area contributed by atoms with Gasteiger partial charge in [-0.15, -0.1) is 0 Å². The smallest absolute Gasteiger partial charge is 0.109 e. The maximum atomic E-state index is 12.7. The maximum Gasteiger partial charge on any atom is 0.109 e. The number of hydrogen-bond acceptors (Lipinski definition) is 10. The minimum atomic E-state index is -2.38. The van der Waals surface area contributed by atoms with Gasteiger partial charge < -0.3 is 9.13 Å². The van der Waals surface area contributed by atoms with Crippen molar-refractivity contribution in [3.8, 4) is 119 Å². The van der Waals surface area contributed by atoms with Gasteiger partial charge in [-0.1, -0.05) is 322 Å². The van der Waals surface area contributed by atoms with Crippen molar-refractivity contribution < 1.29 is 9.13 Å². The van der Waals surface area contributed by atoms with E-state index in [1.54, 1.807) is 32.7 Å². The van der Waals surface area contributed by atoms with Gasteiger partial charge in [0, 0.05) is 82.4 Å². The first-order chi connectivity index (χ1) is 55.4. The van der Waals surface area contributed by atoms with Gasteiger partial charge in [-0.2, -0.15) is 5.26 Å². The van der Waals surface area contributed by atoms with Gasteiger partial charge in [-0.3, -0.25) is 0 Å². The molecule has 0 atom stereocenters. The Hall–Kier alpha value is -13.5. The molecule has 0 bridgehead atoms. The second-order valence-electron chi connectivity index (χ2n) is 29.0. The van der Waals surface area contributed by atoms with Gasteiger partial charge in [0.25, 0.3) is 0 Å². The predicted molar refractivity (Wildman–Crippen MR) is 477 cm³/mol. The van der Waals surface area contributed by atoms with E-state index >= 15 is 0 Å². The average Bonchev–Trinajstić information content (AvgIpc) is 0.715. The molecule has 0 amide bonds. The Kier molecular flexibility index (Phi) is 22.3. The average molecular weight is 1510 g/mol. The Morgan fingerprint density at radius 2 is 0.614 bits per heavy atom. The summed E-state index contributed by atoms with van der Waals surface area (Å²) in [5, 5.41) is 18.3. The largest absolute Gasteiger partial charge is 0.319 e. The highest BCUT2D eigenvalue weighted by molar-refractivity contribution is 7.70. The van der Waals surface area contributed by atoms with Crippen LogP contribution in [0.5, 0.6) is 0 Å². The summed E-state index contributed by atoms with van der Waals surface area (Å²) in [6.45, 7) is 15.3. The van der Waals surface area contributed by atoms with Crippen LogP contribution in [0.1, 0.15) is 28.2 Å². The molecule has 0 saturated heterocycles. The van der Waals surface area contributed by atoms with Crippen LogP contribution in [-0.2, 0) is 9.13 Å². The zero-order valence-electron chi connectivity index (χ0n) is 64.8. The summed E-state index contributed by atoms with van der Waals surface area (Å²) in [6, 6.07) is 121. The second kappa shape index (κ2) is 33.6. The van der Waals surface area contributed by atoms with E-state index in [4.69, 9.17) is 34.9 Å². The molecule has 0 N–H and O–H groups in total. The van der Waals surface area contributed by atoms with Crippen molar-refractivity contribution in [1.29, 1.82) is 5.26 Å². The van der Waals surface area contributed by atoms with Crippen LogP contribution in [0.15, 0.2) is 352 Å². The highest BCUT2D eigenvalue weighted by Gasteiger charge is 2.23. The highest BCUT2D eigenvalue weighted by Crippen LogP contribution is 2.43. The van der Waals surface area contributed by atoms with Crippen molar-refractivity contribution in [3.63, 3.8) is 0 Å². The molecule has 0 aliphatic carbocycles. The molecule has 552 valence electrons. The summed E-state index contributed by atoms with van der Waals surface area (Å²) in [5.41, 5.74) is 25.6. The number of benzene rings is 14. The lowest BCUT2D eigenvalue weighted by molar-refractivity contribution is 0.587. The van der Waals surface area contributed by atoms with Crippen LogP contribution < -0.4 is 10.6 Å². The molecule has 0 saturated carbocycles. The topological polar surface area (TPSA) is 148 Å². The summed E-state index contributed by atoms with van der Waals surface area (Å²) in [7, 11) is -4.68. The fraction of sp³-hybridized carbons (Fsp3) is 0.0784. The van der Waals surface area contributed by atoms with E-state index in [1.165, 1.54) is 49.0 Å². The monoisotopic (exact) mass is 1510 g/mol. The molecule has 0 unspecified atom stereocenters. The highest BCUT2D eigenvalue weighted by atomic mass is 31.2. The SMILES string of the molecule is Cc1ccc2c(-c3ccc4ccccc4c3)c3ccc4ccccc4c3nc2c1.Cc1nc(-c2cccc(C#N)c2)c(-c2ccccc2)nc1-c1ccccc1.Cc1nc(-c2ccccc2)c(-c2ccc(P(C)(C)=O)cc2)nc1-c1ccccc1.Cc1nc(-c2ccccc2)c(-c2cccc(P(C)(C)=O)c2)nc1-c1ccccc1. The summed E-state index contributed by atoms with van der Waals surface area (Å²) >= 11 is 0. The Labute approximate surface area is 666 Å². The van der Waals surface area contributed by atoms with Crippen molar-refractivity contribution in [2.75, 3.05) is 26.7 Å². The molecule has 10 nitrogen and oxygen atoms in total. The van der Waals surface area contributed by atoms with E-state index < -0.39 is 14.3 Å². The van der Waals surface area contributed by atoms with E-state index in [0.717, 1.165) is 140 Å². The molecule has 12 heteroatoms. The van der Waals surface area contributed by atoms with Crippen LogP contribution in [0, 0.1) is 39.0 Å². The van der Waals surface area contributed by atoms with E-state index in [-0.39, 0.29) is 0 Å². The molecule has 18 aromatic rings. The van der Waals surface area contributed by atoms with Crippen LogP contribution in [0.4, 0.5) is 0 Å². The fourth-order valence-corrected chi connectivity index (χ4v) is 16.1. The van der Waals surface area contributed by atoms with Crippen molar-refractivity contribution >= 4 is 68.2 Å². The molecule has 0 radical (unpaired) electrons. The van der Waals surface area contributed by atoms with Gasteiger partial charge in [-0.25, -0.2) is 34.9 Å². The van der Waals surface area contributed by atoms with Crippen LogP contribution in [0.2, 0.25) is 0 Å². The molecule has 14 aromatic carbocycles. The third-order valence-electron chi connectivity index (χ3n) is 20.1. The lowest BCUT2D eigenvalue weighted by Crippen LogP contribution is -2.05. The zero-order chi connectivity index (χ0) is 78.9. The number of hydrogen-bond donors (Lipinski definition) is 0. The zero-order valence-corrected chi connectivity index (χ0v) is 66.6. The predicted octanol–water partition coefficient (Wildman–Crippen LogP) is 25.4. The van der Waals surface area contributed by atoms with Crippen LogP contribution in [-0.4, -0.2) is 61.5 Å². The number of rotatable bonds is 12. The molecular weight excluding hydrogens is 1430 g/mol. The van der Waals surface area contributed by atoms with Gasteiger partial charge in [0.05, 0.1) is 91.0 Å². The molecular formula is C102H82N8O2P2. The summed E-state index contributed by atoms with van der Waals surface area (Å²) in [5.74, 6) is 0. The maximum absolute atomic E-state index is 12.7. The molecule has 0 aliphatic heterocycles. The van der Waals surface area contributed by atoms with Crippen LogP contribution in [0.3, 0.4) is 0 Å². The summed E-state index contributed by atoms with van der Waals surface area (Å²) < 4.78 is 25.1. The standard InChI is InChI=1S/C28H19N.2C25H23N2OP.C24H17N3/c1-18-10-14-24-26(16-18)29-28-23-9-5-4-7-20(23)13-15-25(28)27(24)22-12-11-19-6-2-3-8-21(19)17-22;1-18-23(19-11-6-4-7-12-19)27-25(24(26-18)20-13-8-5-9-14-20)21-15-10-16-22(17-21)29(2,3)28;1-18-23(19-10-6-4-7-11-19)27-25(24(26-18)20-12-8-5-9-13-20)21-14-16-22(17-15-21)29(2,3)28;1-17-22(19-10-4-2-5-11-19)27-23(20-12-6-3-7-13-20)24(26-17)21-14-8-9-18(15-21)16-25/h2-17H,1H3;2*4-17H,1-3H3;2-15H,1H3. The Bertz CT molecular complexity index is 6690. The van der Waals surface area contributed by atoms with Gasteiger partial charge in [0.1, 0.15) is 14.3 Å². The van der Waals surface area contributed by atoms with E-state index in [0.29, 0.717) is 5.56 Å². The number of aromatic nitrogens is 7. The fourth-order valence-electron chi connectivity index (χ4n) is 14.3. The van der Waals surface area contributed by atoms with Crippen LogP contribution in [0.25, 0.3) is 156 Å². The Morgan fingerprint density at radius 3 is 1.09 bits per heavy atom. The number of pyridine rings is 1.